The van der Waals surface area contributed by atoms with E-state index in [1.807, 2.05) is 32.0 Å². The van der Waals surface area contributed by atoms with Gasteiger partial charge in [0, 0.05) is 22.8 Å². The summed E-state index contributed by atoms with van der Waals surface area (Å²) >= 11 is 1.59. The average Bonchev–Trinajstić information content (AvgIpc) is 3.08. The number of aliphatic imine (C=N–C) groups is 1. The zero-order valence-electron chi connectivity index (χ0n) is 13.0. The van der Waals surface area contributed by atoms with Crippen molar-refractivity contribution in [2.75, 3.05) is 12.3 Å². The first kappa shape index (κ1) is 14.9. The van der Waals surface area contributed by atoms with Gasteiger partial charge in [-0.3, -0.25) is 9.79 Å². The number of nitrogens with zero attached hydrogens (tertiary/aromatic N) is 2. The molecule has 0 aliphatic carbocycles. The first-order valence-corrected chi connectivity index (χ1v) is 8.30. The van der Waals surface area contributed by atoms with Crippen LogP contribution in [0.25, 0.3) is 5.69 Å². The number of para-hydroxylation sites is 1. The Morgan fingerprint density at radius 2 is 2.05 bits per heavy atom. The minimum atomic E-state index is -0.0823. The van der Waals surface area contributed by atoms with Crippen LogP contribution < -0.4 is 5.32 Å². The van der Waals surface area contributed by atoms with E-state index in [1.54, 1.807) is 11.8 Å². The van der Waals surface area contributed by atoms with E-state index in [0.717, 1.165) is 34.5 Å². The monoisotopic (exact) mass is 313 g/mol. The molecule has 0 saturated heterocycles. The van der Waals surface area contributed by atoms with Gasteiger partial charge in [0.1, 0.15) is 0 Å². The van der Waals surface area contributed by atoms with E-state index in [0.29, 0.717) is 5.56 Å². The van der Waals surface area contributed by atoms with E-state index in [2.05, 4.69) is 33.9 Å². The molecule has 1 aliphatic rings. The molecule has 0 unspecified atom stereocenters. The molecule has 22 heavy (non-hydrogen) atoms. The van der Waals surface area contributed by atoms with Gasteiger partial charge < -0.3 is 9.88 Å². The van der Waals surface area contributed by atoms with Gasteiger partial charge in [-0.15, -0.1) is 0 Å². The van der Waals surface area contributed by atoms with E-state index < -0.39 is 0 Å². The number of benzene rings is 1. The molecule has 2 aromatic rings. The lowest BCUT2D eigenvalue weighted by atomic mass is 10.2. The summed E-state index contributed by atoms with van der Waals surface area (Å²) in [5.41, 5.74) is 5.01. The number of amidine groups is 1. The fourth-order valence-electron chi connectivity index (χ4n) is 2.75. The zero-order valence-corrected chi connectivity index (χ0v) is 13.8. The minimum absolute atomic E-state index is 0.0823. The van der Waals surface area contributed by atoms with Gasteiger partial charge in [-0.1, -0.05) is 30.0 Å². The van der Waals surface area contributed by atoms with Crippen LogP contribution in [0.1, 0.15) is 27.3 Å². The first-order valence-electron chi connectivity index (χ1n) is 7.31. The number of nitrogens with one attached hydrogen (secondary N) is 1. The van der Waals surface area contributed by atoms with Gasteiger partial charge in [-0.25, -0.2) is 0 Å². The summed E-state index contributed by atoms with van der Waals surface area (Å²) in [5, 5.41) is 3.63. The summed E-state index contributed by atoms with van der Waals surface area (Å²) in [6.07, 6.45) is 0. The Kier molecular flexibility index (Phi) is 4.07. The molecule has 1 amide bonds. The van der Waals surface area contributed by atoms with Gasteiger partial charge >= 0.3 is 0 Å². The number of carbonyl (C=O) groups excluding carboxylic acids is 1. The van der Waals surface area contributed by atoms with Gasteiger partial charge in [-0.05, 0) is 38.5 Å². The zero-order chi connectivity index (χ0) is 15.7. The average molecular weight is 313 g/mol. The topological polar surface area (TPSA) is 46.4 Å². The number of amides is 1. The third-order valence-electron chi connectivity index (χ3n) is 3.84. The maximum Gasteiger partial charge on any atom is 0.259 e. The Labute approximate surface area is 134 Å². The van der Waals surface area contributed by atoms with Crippen LogP contribution in [0.2, 0.25) is 0 Å². The second kappa shape index (κ2) is 6.01. The highest BCUT2D eigenvalue weighted by molar-refractivity contribution is 8.14. The summed E-state index contributed by atoms with van der Waals surface area (Å²) in [4.78, 5) is 16.8. The molecule has 0 fully saturated rings. The third kappa shape index (κ3) is 2.68. The fourth-order valence-corrected chi connectivity index (χ4v) is 3.48. The molecule has 3 rings (SSSR count). The summed E-state index contributed by atoms with van der Waals surface area (Å²) in [6.45, 7) is 6.87. The van der Waals surface area contributed by atoms with Crippen molar-refractivity contribution >= 4 is 22.8 Å². The number of aromatic nitrogens is 1. The normalized spacial score (nSPS) is 14.0. The molecule has 114 valence electrons. The molecule has 0 saturated carbocycles. The SMILES string of the molecule is Cc1ccccc1-n1c(C)cc(C(=O)NC2=NCCS2)c1C. The van der Waals surface area contributed by atoms with Gasteiger partial charge in [0.25, 0.3) is 5.91 Å². The van der Waals surface area contributed by atoms with E-state index in [1.165, 1.54) is 5.56 Å². The Bertz CT molecular complexity index is 761. The Hall–Kier alpha value is -2.01. The summed E-state index contributed by atoms with van der Waals surface area (Å²) < 4.78 is 2.13. The van der Waals surface area contributed by atoms with Crippen LogP contribution in [0, 0.1) is 20.8 Å². The lowest BCUT2D eigenvalue weighted by molar-refractivity contribution is 0.0977. The standard InChI is InChI=1S/C17H19N3OS/c1-11-6-4-5-7-15(11)20-12(2)10-14(13(20)3)16(21)19-17-18-8-9-22-17/h4-7,10H,8-9H2,1-3H3,(H,18,19,21). The third-order valence-corrected chi connectivity index (χ3v) is 4.73. The number of hydrogen-bond donors (Lipinski definition) is 1. The highest BCUT2D eigenvalue weighted by Gasteiger charge is 2.19. The predicted molar refractivity (Wildman–Crippen MR) is 92.2 cm³/mol. The van der Waals surface area contributed by atoms with Gasteiger partial charge in [0.05, 0.1) is 12.1 Å². The summed E-state index contributed by atoms with van der Waals surface area (Å²) in [6, 6.07) is 10.1. The minimum Gasteiger partial charge on any atom is -0.317 e. The smallest absolute Gasteiger partial charge is 0.259 e. The second-order valence-corrected chi connectivity index (χ2v) is 6.48. The van der Waals surface area contributed by atoms with Crippen LogP contribution in [0.3, 0.4) is 0 Å². The van der Waals surface area contributed by atoms with Crippen molar-refractivity contribution in [1.82, 2.24) is 9.88 Å². The van der Waals surface area contributed by atoms with Crippen LogP contribution in [-0.4, -0.2) is 27.9 Å². The van der Waals surface area contributed by atoms with Crippen LogP contribution in [0.4, 0.5) is 0 Å². The maximum atomic E-state index is 12.5. The van der Waals surface area contributed by atoms with E-state index in [9.17, 15) is 4.79 Å². The molecule has 1 N–H and O–H groups in total. The van der Waals surface area contributed by atoms with Crippen molar-refractivity contribution in [3.63, 3.8) is 0 Å². The lowest BCUT2D eigenvalue weighted by Crippen LogP contribution is -2.27. The second-order valence-electron chi connectivity index (χ2n) is 5.40. The predicted octanol–water partition coefficient (Wildman–Crippen LogP) is 3.24. The maximum absolute atomic E-state index is 12.5. The Morgan fingerprint density at radius 3 is 2.73 bits per heavy atom. The van der Waals surface area contributed by atoms with Gasteiger partial charge in [0.15, 0.2) is 5.17 Å². The lowest BCUT2D eigenvalue weighted by Gasteiger charge is -2.12. The number of rotatable bonds is 2. The number of thioether (sulfide) groups is 1. The van der Waals surface area contributed by atoms with Crippen molar-refractivity contribution < 1.29 is 4.79 Å². The molecule has 4 nitrogen and oxygen atoms in total. The number of hydrogen-bond acceptors (Lipinski definition) is 3. The molecule has 0 spiro atoms. The largest absolute Gasteiger partial charge is 0.317 e. The quantitative estimate of drug-likeness (QED) is 0.925. The fraction of sp³-hybridized carbons (Fsp3) is 0.294. The Balaban J connectivity index is 1.96. The summed E-state index contributed by atoms with van der Waals surface area (Å²) in [5.74, 6) is 0.860. The number of aryl methyl sites for hydroxylation is 2. The molecule has 1 aromatic heterocycles. The molecule has 2 heterocycles. The van der Waals surface area contributed by atoms with Crippen LogP contribution in [0.15, 0.2) is 35.3 Å². The number of carbonyl (C=O) groups is 1. The van der Waals surface area contributed by atoms with Gasteiger partial charge in [-0.2, -0.15) is 0 Å². The van der Waals surface area contributed by atoms with Crippen molar-refractivity contribution in [1.29, 1.82) is 0 Å². The van der Waals surface area contributed by atoms with E-state index in [4.69, 9.17) is 0 Å². The highest BCUT2D eigenvalue weighted by atomic mass is 32.2. The van der Waals surface area contributed by atoms with E-state index >= 15 is 0 Å². The van der Waals surface area contributed by atoms with Crippen molar-refractivity contribution in [3.05, 3.63) is 52.8 Å². The van der Waals surface area contributed by atoms with Crippen LogP contribution >= 0.6 is 11.8 Å². The van der Waals surface area contributed by atoms with E-state index in [-0.39, 0.29) is 5.91 Å². The van der Waals surface area contributed by atoms with Gasteiger partial charge in [0.2, 0.25) is 0 Å². The van der Waals surface area contributed by atoms with Crippen molar-refractivity contribution in [3.8, 4) is 5.69 Å². The van der Waals surface area contributed by atoms with Crippen LogP contribution in [-0.2, 0) is 0 Å². The molecule has 0 atom stereocenters. The first-order chi connectivity index (χ1) is 10.6. The molecule has 1 aliphatic heterocycles. The molecule has 1 aromatic carbocycles. The molecular weight excluding hydrogens is 294 g/mol. The van der Waals surface area contributed by atoms with Crippen LogP contribution in [0.5, 0.6) is 0 Å². The summed E-state index contributed by atoms with van der Waals surface area (Å²) in [7, 11) is 0. The highest BCUT2D eigenvalue weighted by Crippen LogP contribution is 2.23. The molecule has 0 radical (unpaired) electrons. The van der Waals surface area contributed by atoms with Crippen molar-refractivity contribution in [2.45, 2.75) is 20.8 Å². The molecular formula is C17H19N3OS. The Morgan fingerprint density at radius 1 is 1.27 bits per heavy atom. The molecule has 5 heteroatoms. The molecule has 0 bridgehead atoms. The van der Waals surface area contributed by atoms with Crippen molar-refractivity contribution in [2.24, 2.45) is 4.99 Å².